The van der Waals surface area contributed by atoms with E-state index in [1.807, 2.05) is 22.8 Å². The summed E-state index contributed by atoms with van der Waals surface area (Å²) in [6.45, 7) is 1.54. The molecule has 4 N–H and O–H groups in total. The molecule has 1 aliphatic carbocycles. The van der Waals surface area contributed by atoms with Crippen molar-refractivity contribution in [1.82, 2.24) is 4.57 Å². The second-order valence-electron chi connectivity index (χ2n) is 9.53. The molecule has 2 atom stereocenters. The van der Waals surface area contributed by atoms with E-state index in [-0.39, 0.29) is 28.2 Å². The number of ketones is 1. The van der Waals surface area contributed by atoms with Crippen molar-refractivity contribution in [2.45, 2.75) is 51.5 Å². The zero-order valence-corrected chi connectivity index (χ0v) is 20.6. The number of carbonyl (C=O) groups excluding carboxylic acids is 2. The molecule has 1 amide bonds. The van der Waals surface area contributed by atoms with Crippen LogP contribution in [0, 0.1) is 12.8 Å². The van der Waals surface area contributed by atoms with Crippen molar-refractivity contribution < 1.29 is 34.1 Å². The Morgan fingerprint density at radius 2 is 1.70 bits per heavy atom. The molecule has 194 valence electrons. The van der Waals surface area contributed by atoms with Crippen LogP contribution in [-0.4, -0.2) is 45.0 Å². The van der Waals surface area contributed by atoms with E-state index in [4.69, 9.17) is 10.5 Å². The molecule has 0 radical (unpaired) electrons. The molecule has 1 aliphatic rings. The van der Waals surface area contributed by atoms with Gasteiger partial charge >= 0.3 is 11.9 Å². The van der Waals surface area contributed by atoms with Crippen LogP contribution in [0.4, 0.5) is 0 Å². The largest absolute Gasteiger partial charge is 0.481 e. The van der Waals surface area contributed by atoms with Gasteiger partial charge in [0.2, 0.25) is 0 Å². The topological polar surface area (TPSA) is 149 Å². The number of primary amides is 1. The Kier molecular flexibility index (Phi) is 7.61. The maximum absolute atomic E-state index is 13.0. The molecule has 1 fully saturated rings. The number of benzene rings is 2. The lowest BCUT2D eigenvalue weighted by Gasteiger charge is -2.33. The summed E-state index contributed by atoms with van der Waals surface area (Å²) in [5.74, 6) is -3.96. The third-order valence-electron chi connectivity index (χ3n) is 7.21. The van der Waals surface area contributed by atoms with Gasteiger partial charge in [-0.05, 0) is 43.2 Å². The van der Waals surface area contributed by atoms with E-state index in [1.165, 1.54) is 5.56 Å². The first-order valence-corrected chi connectivity index (χ1v) is 12.3. The molecular formula is C28H30N2O7. The molecule has 9 nitrogen and oxygen atoms in total. The molecule has 1 saturated carbocycles. The first kappa shape index (κ1) is 25.9. The minimum absolute atomic E-state index is 0.0159. The van der Waals surface area contributed by atoms with E-state index in [0.29, 0.717) is 23.7 Å². The van der Waals surface area contributed by atoms with Crippen molar-refractivity contribution >= 4 is 34.5 Å². The Hall–Kier alpha value is -4.14. The third-order valence-corrected chi connectivity index (χ3v) is 7.21. The second-order valence-corrected chi connectivity index (χ2v) is 9.53. The molecule has 2 aromatic carbocycles. The number of hydrogen-bond acceptors (Lipinski definition) is 5. The molecule has 4 rings (SSSR count). The quantitative estimate of drug-likeness (QED) is 0.280. The van der Waals surface area contributed by atoms with E-state index in [1.54, 1.807) is 19.1 Å². The molecule has 1 aromatic heterocycles. The van der Waals surface area contributed by atoms with Crippen LogP contribution in [0.15, 0.2) is 42.5 Å². The minimum Gasteiger partial charge on any atom is -0.481 e. The fourth-order valence-corrected chi connectivity index (χ4v) is 5.62. The van der Waals surface area contributed by atoms with E-state index < -0.39 is 36.7 Å². The van der Waals surface area contributed by atoms with Crippen LogP contribution in [-0.2, 0) is 27.3 Å². The van der Waals surface area contributed by atoms with Crippen molar-refractivity contribution in [1.29, 1.82) is 0 Å². The lowest BCUT2D eigenvalue weighted by atomic mass is 9.75. The average Bonchev–Trinajstić information content (AvgIpc) is 3.14. The normalized spacial score (nSPS) is 17.4. The highest BCUT2D eigenvalue weighted by Crippen LogP contribution is 2.42. The molecule has 0 spiro atoms. The molecule has 2 unspecified atom stereocenters. The smallest absolute Gasteiger partial charge is 0.341 e. The predicted molar refractivity (Wildman–Crippen MR) is 136 cm³/mol. The Morgan fingerprint density at radius 1 is 1.00 bits per heavy atom. The monoisotopic (exact) mass is 506 g/mol. The summed E-state index contributed by atoms with van der Waals surface area (Å²) in [7, 11) is 0. The zero-order valence-electron chi connectivity index (χ0n) is 20.6. The molecule has 0 saturated heterocycles. The summed E-state index contributed by atoms with van der Waals surface area (Å²) < 4.78 is 7.51. The number of carboxylic acids is 2. The van der Waals surface area contributed by atoms with Gasteiger partial charge in [0.25, 0.3) is 11.7 Å². The van der Waals surface area contributed by atoms with Gasteiger partial charge < -0.3 is 25.3 Å². The van der Waals surface area contributed by atoms with Crippen LogP contribution in [0.25, 0.3) is 10.9 Å². The van der Waals surface area contributed by atoms with Crippen molar-refractivity contribution in [2.75, 3.05) is 6.61 Å². The van der Waals surface area contributed by atoms with Gasteiger partial charge in [0.15, 0.2) is 6.61 Å². The number of rotatable bonds is 10. The maximum Gasteiger partial charge on any atom is 0.341 e. The Morgan fingerprint density at radius 3 is 2.35 bits per heavy atom. The van der Waals surface area contributed by atoms with Crippen LogP contribution in [0.1, 0.15) is 58.8 Å². The van der Waals surface area contributed by atoms with Crippen molar-refractivity contribution in [3.63, 3.8) is 0 Å². The van der Waals surface area contributed by atoms with Gasteiger partial charge in [-0.25, -0.2) is 4.79 Å². The molecule has 0 bridgehead atoms. The fourth-order valence-electron chi connectivity index (χ4n) is 5.62. The summed E-state index contributed by atoms with van der Waals surface area (Å²) in [6, 6.07) is 13.6. The summed E-state index contributed by atoms with van der Waals surface area (Å²) >= 11 is 0. The summed E-state index contributed by atoms with van der Waals surface area (Å²) in [5.41, 5.74) is 7.93. The van der Waals surface area contributed by atoms with E-state index in [0.717, 1.165) is 25.7 Å². The van der Waals surface area contributed by atoms with Crippen LogP contribution in [0.3, 0.4) is 0 Å². The Labute approximate surface area is 213 Å². The van der Waals surface area contributed by atoms with Crippen molar-refractivity contribution in [2.24, 2.45) is 11.7 Å². The zero-order chi connectivity index (χ0) is 26.7. The molecule has 9 heteroatoms. The number of nitrogens with zero attached hydrogens (tertiary/aromatic N) is 1. The molecular weight excluding hydrogens is 476 g/mol. The van der Waals surface area contributed by atoms with E-state index in [2.05, 4.69) is 12.1 Å². The molecule has 1 heterocycles. The number of amides is 1. The number of aliphatic carboxylic acids is 2. The van der Waals surface area contributed by atoms with Crippen LogP contribution in [0.2, 0.25) is 0 Å². The Bertz CT molecular complexity index is 1360. The van der Waals surface area contributed by atoms with Gasteiger partial charge in [0.1, 0.15) is 5.75 Å². The Balaban J connectivity index is 1.89. The van der Waals surface area contributed by atoms with Gasteiger partial charge in [-0.3, -0.25) is 14.4 Å². The molecule has 3 aromatic rings. The van der Waals surface area contributed by atoms with E-state index >= 15 is 0 Å². The molecule has 0 aliphatic heterocycles. The standard InChI is InChI=1S/C28H30N2O7/c1-16-24(26(35)28(29)36)25-21(12-11-18(13-22(31)32)27(25)37-15-23(33)34)30(16)14-19-9-5-6-10-20(19)17-7-3-2-4-8-17/h2-4,7-8,11-12,19-20H,5-6,9-10,13-15H2,1H3,(H2,29,36)(H,31,32)(H,33,34). The second kappa shape index (κ2) is 10.9. The number of carbonyl (C=O) groups is 4. The third kappa shape index (κ3) is 5.35. The lowest BCUT2D eigenvalue weighted by Crippen LogP contribution is -2.25. The average molecular weight is 507 g/mol. The van der Waals surface area contributed by atoms with Crippen LogP contribution in [0.5, 0.6) is 5.75 Å². The van der Waals surface area contributed by atoms with E-state index in [9.17, 15) is 29.4 Å². The highest BCUT2D eigenvalue weighted by atomic mass is 16.5. The van der Waals surface area contributed by atoms with Gasteiger partial charge in [0.05, 0.1) is 22.9 Å². The fraction of sp³-hybridized carbons (Fsp3) is 0.357. The first-order chi connectivity index (χ1) is 17.7. The highest BCUT2D eigenvalue weighted by molar-refractivity contribution is 6.45. The minimum atomic E-state index is -1.26. The highest BCUT2D eigenvalue weighted by Gasteiger charge is 2.32. The number of carboxylic acid groups (broad SMARTS) is 2. The number of fused-ring (bicyclic) bond motifs is 1. The van der Waals surface area contributed by atoms with Crippen LogP contribution >= 0.6 is 0 Å². The summed E-state index contributed by atoms with van der Waals surface area (Å²) in [6.07, 6.45) is 3.78. The van der Waals surface area contributed by atoms with Crippen LogP contribution < -0.4 is 10.5 Å². The number of aromatic nitrogens is 1. The predicted octanol–water partition coefficient (Wildman–Crippen LogP) is 3.68. The lowest BCUT2D eigenvalue weighted by molar-refractivity contribution is -0.139. The number of nitrogens with two attached hydrogens (primary N) is 1. The van der Waals surface area contributed by atoms with Gasteiger partial charge in [0, 0.05) is 17.8 Å². The number of ether oxygens (including phenoxy) is 1. The van der Waals surface area contributed by atoms with Gasteiger partial charge in [-0.2, -0.15) is 0 Å². The van der Waals surface area contributed by atoms with Gasteiger partial charge in [-0.1, -0.05) is 49.2 Å². The first-order valence-electron chi connectivity index (χ1n) is 12.3. The summed E-state index contributed by atoms with van der Waals surface area (Å²) in [4.78, 5) is 47.8. The van der Waals surface area contributed by atoms with Crippen molar-refractivity contribution in [3.05, 3.63) is 64.8 Å². The number of Topliss-reactive ketones (excluding diaryl/α,β-unsaturated/α-hetero) is 1. The SMILES string of the molecule is Cc1c(C(=O)C(N)=O)c2c(OCC(=O)O)c(CC(=O)O)ccc2n1CC1CCCCC1c1ccccc1. The molecule has 37 heavy (non-hydrogen) atoms. The maximum atomic E-state index is 13.0. The summed E-state index contributed by atoms with van der Waals surface area (Å²) in [5, 5.41) is 18.8. The number of hydrogen-bond donors (Lipinski definition) is 3. The van der Waals surface area contributed by atoms with Gasteiger partial charge in [-0.15, -0.1) is 0 Å². The van der Waals surface area contributed by atoms with Crippen molar-refractivity contribution in [3.8, 4) is 5.75 Å².